The number of hydrogen-bond donors (Lipinski definition) is 0. The van der Waals surface area contributed by atoms with E-state index in [0.717, 1.165) is 16.8 Å². The van der Waals surface area contributed by atoms with Gasteiger partial charge < -0.3 is 9.15 Å². The summed E-state index contributed by atoms with van der Waals surface area (Å²) in [5.74, 6) is -3.83. The number of carbonyl (C=O) groups is 1. The van der Waals surface area contributed by atoms with E-state index in [1.807, 2.05) is 0 Å². The number of methoxy groups -OCH3 is 1. The summed E-state index contributed by atoms with van der Waals surface area (Å²) in [4.78, 5) is 23.7. The van der Waals surface area contributed by atoms with E-state index in [4.69, 9.17) is 9.15 Å². The number of aromatic nitrogens is 2. The first-order valence-corrected chi connectivity index (χ1v) is 6.47. The molecule has 2 rings (SSSR count). The van der Waals surface area contributed by atoms with Gasteiger partial charge in [-0.2, -0.15) is 4.68 Å². The van der Waals surface area contributed by atoms with E-state index in [-0.39, 0.29) is 24.6 Å². The Morgan fingerprint density at radius 3 is 2.77 bits per heavy atom. The summed E-state index contributed by atoms with van der Waals surface area (Å²) in [7, 11) is 1.42. The highest BCUT2D eigenvalue weighted by Gasteiger charge is 2.20. The lowest BCUT2D eigenvalue weighted by Crippen LogP contribution is -2.25. The van der Waals surface area contributed by atoms with Crippen molar-refractivity contribution in [3.63, 3.8) is 0 Å². The second-order valence-corrected chi connectivity index (χ2v) is 4.77. The lowest BCUT2D eigenvalue weighted by atomic mass is 9.99. The topological polar surface area (TPSA) is 74.3 Å². The van der Waals surface area contributed by atoms with Crippen LogP contribution in [0.2, 0.25) is 0 Å². The third kappa shape index (κ3) is 3.45. The summed E-state index contributed by atoms with van der Waals surface area (Å²) in [5.41, 5.74) is 0.0278. The molecule has 6 nitrogen and oxygen atoms in total. The highest BCUT2D eigenvalue weighted by Crippen LogP contribution is 2.14. The van der Waals surface area contributed by atoms with Gasteiger partial charge in [0.05, 0.1) is 6.54 Å². The maximum atomic E-state index is 13.2. The minimum absolute atomic E-state index is 0.0278. The van der Waals surface area contributed by atoms with Gasteiger partial charge in [-0.25, -0.2) is 13.6 Å². The van der Waals surface area contributed by atoms with Crippen molar-refractivity contribution in [2.45, 2.75) is 20.1 Å². The molecule has 0 saturated heterocycles. The molecular weight excluding hydrogens is 298 g/mol. The van der Waals surface area contributed by atoms with Gasteiger partial charge in [0.15, 0.2) is 17.4 Å². The predicted molar refractivity (Wildman–Crippen MR) is 71.3 cm³/mol. The third-order valence-corrected chi connectivity index (χ3v) is 3.01. The van der Waals surface area contributed by atoms with E-state index in [9.17, 15) is 18.4 Å². The molecule has 1 aromatic heterocycles. The van der Waals surface area contributed by atoms with Crippen LogP contribution in [0, 0.1) is 17.6 Å². The first-order valence-electron chi connectivity index (χ1n) is 6.47. The molecule has 1 aromatic carbocycles. The van der Waals surface area contributed by atoms with E-state index >= 15 is 0 Å². The molecule has 22 heavy (non-hydrogen) atoms. The molecule has 0 bridgehead atoms. The van der Waals surface area contributed by atoms with Crippen molar-refractivity contribution in [1.29, 1.82) is 0 Å². The van der Waals surface area contributed by atoms with Gasteiger partial charge in [-0.1, -0.05) is 6.92 Å². The molecule has 1 heterocycles. The van der Waals surface area contributed by atoms with Crippen molar-refractivity contribution in [2.24, 2.45) is 5.92 Å². The Kier molecular flexibility index (Phi) is 4.81. The molecule has 2 aromatic rings. The van der Waals surface area contributed by atoms with Gasteiger partial charge in [-0.3, -0.25) is 4.79 Å². The Morgan fingerprint density at radius 2 is 2.14 bits per heavy atom. The fourth-order valence-corrected chi connectivity index (χ4v) is 1.92. The van der Waals surface area contributed by atoms with Crippen LogP contribution in [-0.2, 0) is 17.9 Å². The van der Waals surface area contributed by atoms with Gasteiger partial charge in [-0.15, -0.1) is 5.10 Å². The Hall–Kier alpha value is -2.35. The quantitative estimate of drug-likeness (QED) is 0.760. The van der Waals surface area contributed by atoms with Crippen LogP contribution >= 0.6 is 0 Å². The van der Waals surface area contributed by atoms with E-state index in [2.05, 4.69) is 5.10 Å². The lowest BCUT2D eigenvalue weighted by molar-refractivity contribution is 0.0913. The van der Waals surface area contributed by atoms with Gasteiger partial charge in [0, 0.05) is 18.6 Å². The molecule has 0 spiro atoms. The van der Waals surface area contributed by atoms with Crippen LogP contribution in [0.1, 0.15) is 23.2 Å². The molecule has 0 radical (unpaired) electrons. The highest BCUT2D eigenvalue weighted by atomic mass is 19.2. The zero-order valence-corrected chi connectivity index (χ0v) is 12.0. The molecule has 8 heteroatoms. The zero-order chi connectivity index (χ0) is 16.3. The van der Waals surface area contributed by atoms with Crippen LogP contribution in [-0.4, -0.2) is 22.7 Å². The third-order valence-electron chi connectivity index (χ3n) is 3.01. The number of nitrogens with zero attached hydrogens (tertiary/aromatic N) is 2. The fourth-order valence-electron chi connectivity index (χ4n) is 1.92. The number of hydrogen-bond acceptors (Lipinski definition) is 5. The maximum absolute atomic E-state index is 13.2. The van der Waals surface area contributed by atoms with Crippen molar-refractivity contribution in [2.75, 3.05) is 7.11 Å². The number of carbonyl (C=O) groups excluding carboxylic acids is 1. The average molecular weight is 312 g/mol. The van der Waals surface area contributed by atoms with Gasteiger partial charge in [0.1, 0.15) is 6.61 Å². The van der Waals surface area contributed by atoms with Gasteiger partial charge in [0.25, 0.3) is 0 Å². The summed E-state index contributed by atoms with van der Waals surface area (Å²) in [6.45, 7) is 1.55. The Bertz CT molecular complexity index is 739. The lowest BCUT2D eigenvalue weighted by Gasteiger charge is -2.09. The standard InChI is InChI=1S/C14H14F2N2O4/c1-8(6-18-14(20)22-12(17-18)7-21-2)13(19)9-3-4-10(15)11(16)5-9/h3-5,8H,6-7H2,1-2H3/t8-/m0/s1. The maximum Gasteiger partial charge on any atom is 0.437 e. The minimum Gasteiger partial charge on any atom is -0.390 e. The largest absolute Gasteiger partial charge is 0.437 e. The molecule has 0 unspecified atom stereocenters. The van der Waals surface area contributed by atoms with Crippen molar-refractivity contribution in [1.82, 2.24) is 9.78 Å². The predicted octanol–water partition coefficient (Wildman–Crippen LogP) is 1.78. The number of rotatable bonds is 6. The van der Waals surface area contributed by atoms with Crippen molar-refractivity contribution < 1.29 is 22.7 Å². The average Bonchev–Trinajstić information content (AvgIpc) is 2.81. The molecule has 0 N–H and O–H groups in total. The second-order valence-electron chi connectivity index (χ2n) is 4.77. The highest BCUT2D eigenvalue weighted by molar-refractivity contribution is 5.97. The van der Waals surface area contributed by atoms with E-state index in [1.54, 1.807) is 6.92 Å². The summed E-state index contributed by atoms with van der Waals surface area (Å²) in [5, 5.41) is 3.87. The first kappa shape index (κ1) is 16.0. The molecule has 0 aliphatic carbocycles. The molecule has 0 saturated carbocycles. The van der Waals surface area contributed by atoms with Gasteiger partial charge in [0.2, 0.25) is 5.89 Å². The number of ketones is 1. The van der Waals surface area contributed by atoms with Crippen molar-refractivity contribution >= 4 is 5.78 Å². The Labute approximate surface area is 124 Å². The van der Waals surface area contributed by atoms with Crippen LogP contribution in [0.15, 0.2) is 27.4 Å². The van der Waals surface area contributed by atoms with Crippen LogP contribution < -0.4 is 5.76 Å². The summed E-state index contributed by atoms with van der Waals surface area (Å²) in [6.07, 6.45) is 0. The monoisotopic (exact) mass is 312 g/mol. The van der Waals surface area contributed by atoms with Crippen molar-refractivity contribution in [3.8, 4) is 0 Å². The fraction of sp³-hybridized carbons (Fsp3) is 0.357. The number of Topliss-reactive ketones (excluding diaryl/α,β-unsaturated/α-hetero) is 1. The molecule has 0 fully saturated rings. The summed E-state index contributed by atoms with van der Waals surface area (Å²) < 4.78 is 36.6. The van der Waals surface area contributed by atoms with Crippen molar-refractivity contribution in [3.05, 3.63) is 51.8 Å². The smallest absolute Gasteiger partial charge is 0.390 e. The summed E-state index contributed by atoms with van der Waals surface area (Å²) >= 11 is 0. The number of benzene rings is 1. The molecular formula is C14H14F2N2O4. The number of halogens is 2. The number of ether oxygens (including phenoxy) is 1. The zero-order valence-electron chi connectivity index (χ0n) is 12.0. The molecule has 0 aliphatic heterocycles. The minimum atomic E-state index is -1.10. The SMILES string of the molecule is COCc1nn(C[C@H](C)C(=O)c2ccc(F)c(F)c2)c(=O)o1. The van der Waals surface area contributed by atoms with Crippen LogP contribution in [0.4, 0.5) is 8.78 Å². The normalized spacial score (nSPS) is 12.4. The van der Waals surface area contributed by atoms with Crippen LogP contribution in [0.25, 0.3) is 0 Å². The van der Waals surface area contributed by atoms with Crippen LogP contribution in [0.3, 0.4) is 0 Å². The molecule has 0 amide bonds. The Morgan fingerprint density at radius 1 is 1.41 bits per heavy atom. The van der Waals surface area contributed by atoms with Gasteiger partial charge >= 0.3 is 5.76 Å². The van der Waals surface area contributed by atoms with E-state index in [1.165, 1.54) is 13.2 Å². The van der Waals surface area contributed by atoms with Gasteiger partial charge in [-0.05, 0) is 18.2 Å². The Balaban J connectivity index is 2.14. The summed E-state index contributed by atoms with van der Waals surface area (Å²) in [6, 6.07) is 2.91. The van der Waals surface area contributed by atoms with Crippen LogP contribution in [0.5, 0.6) is 0 Å². The van der Waals surface area contributed by atoms with E-state index in [0.29, 0.717) is 0 Å². The second kappa shape index (κ2) is 6.61. The molecule has 0 aliphatic rings. The molecule has 118 valence electrons. The molecule has 1 atom stereocenters. The first-order chi connectivity index (χ1) is 10.4. The van der Waals surface area contributed by atoms with E-state index < -0.39 is 29.1 Å².